The van der Waals surface area contributed by atoms with E-state index in [0.29, 0.717) is 13.1 Å². The number of nitrogens with one attached hydrogen (secondary N) is 1. The van der Waals surface area contributed by atoms with Crippen molar-refractivity contribution in [3.8, 4) is 0 Å². The largest absolute Gasteiger partial charge is 0.379 e. The fourth-order valence-corrected chi connectivity index (χ4v) is 5.17. The molecule has 2 aromatic rings. The first-order valence-corrected chi connectivity index (χ1v) is 10.6. The van der Waals surface area contributed by atoms with Gasteiger partial charge in [0.05, 0.1) is 25.5 Å². The Morgan fingerprint density at radius 3 is 2.72 bits per heavy atom. The lowest BCUT2D eigenvalue weighted by Gasteiger charge is -2.49. The SMILES string of the molecule is CC12C(=O)N(CCCN3CCOCC3)CC(=O)N1CCc1c2[nH]c2ccccc12. The molecule has 2 amide bonds. The number of aromatic nitrogens is 1. The number of ether oxygens (including phenoxy) is 1. The van der Waals surface area contributed by atoms with E-state index in [-0.39, 0.29) is 18.4 Å². The van der Waals surface area contributed by atoms with Gasteiger partial charge in [0.1, 0.15) is 0 Å². The second-order valence-corrected chi connectivity index (χ2v) is 8.43. The van der Waals surface area contributed by atoms with E-state index >= 15 is 0 Å². The molecule has 7 nitrogen and oxygen atoms in total. The number of fused-ring (bicyclic) bond motifs is 5. The Kier molecular flexibility index (Phi) is 4.59. The number of morpholine rings is 1. The molecule has 0 spiro atoms. The highest BCUT2D eigenvalue weighted by atomic mass is 16.5. The highest BCUT2D eigenvalue weighted by Crippen LogP contribution is 2.41. The first-order chi connectivity index (χ1) is 14.1. The molecule has 29 heavy (non-hydrogen) atoms. The second-order valence-electron chi connectivity index (χ2n) is 8.43. The summed E-state index contributed by atoms with van der Waals surface area (Å²) >= 11 is 0. The molecule has 7 heteroatoms. The van der Waals surface area contributed by atoms with Gasteiger partial charge in [-0.1, -0.05) is 18.2 Å². The highest BCUT2D eigenvalue weighted by molar-refractivity contribution is 6.00. The summed E-state index contributed by atoms with van der Waals surface area (Å²) in [6, 6.07) is 8.16. The molecule has 154 valence electrons. The maximum absolute atomic E-state index is 13.6. The summed E-state index contributed by atoms with van der Waals surface area (Å²) in [5, 5.41) is 1.16. The molecule has 1 atom stereocenters. The first kappa shape index (κ1) is 18.6. The van der Waals surface area contributed by atoms with Gasteiger partial charge in [0.15, 0.2) is 5.54 Å². The number of aromatic amines is 1. The summed E-state index contributed by atoms with van der Waals surface area (Å²) in [6.45, 7) is 7.67. The summed E-state index contributed by atoms with van der Waals surface area (Å²) < 4.78 is 5.40. The number of para-hydroxylation sites is 1. The topological polar surface area (TPSA) is 68.9 Å². The van der Waals surface area contributed by atoms with Crippen LogP contribution in [0, 0.1) is 0 Å². The first-order valence-electron chi connectivity index (χ1n) is 10.6. The van der Waals surface area contributed by atoms with Crippen LogP contribution in [0.2, 0.25) is 0 Å². The molecule has 1 aromatic carbocycles. The Morgan fingerprint density at radius 2 is 1.90 bits per heavy atom. The van der Waals surface area contributed by atoms with Crippen molar-refractivity contribution in [2.75, 3.05) is 52.5 Å². The summed E-state index contributed by atoms with van der Waals surface area (Å²) in [7, 11) is 0. The van der Waals surface area contributed by atoms with Crippen molar-refractivity contribution in [1.82, 2.24) is 19.7 Å². The van der Waals surface area contributed by atoms with E-state index < -0.39 is 5.54 Å². The van der Waals surface area contributed by atoms with Crippen LogP contribution in [0.15, 0.2) is 24.3 Å². The smallest absolute Gasteiger partial charge is 0.254 e. The molecule has 2 saturated heterocycles. The van der Waals surface area contributed by atoms with E-state index in [2.05, 4.69) is 16.0 Å². The van der Waals surface area contributed by atoms with Gasteiger partial charge in [-0.2, -0.15) is 0 Å². The zero-order valence-corrected chi connectivity index (χ0v) is 16.9. The molecule has 0 aliphatic carbocycles. The van der Waals surface area contributed by atoms with Crippen LogP contribution in [0.3, 0.4) is 0 Å². The summed E-state index contributed by atoms with van der Waals surface area (Å²) in [5.74, 6) is 0.0781. The molecule has 2 fully saturated rings. The molecule has 1 aromatic heterocycles. The van der Waals surface area contributed by atoms with E-state index in [1.54, 1.807) is 9.80 Å². The van der Waals surface area contributed by atoms with Gasteiger partial charge in [-0.25, -0.2) is 0 Å². The fraction of sp³-hybridized carbons (Fsp3) is 0.545. The van der Waals surface area contributed by atoms with Gasteiger partial charge in [0.25, 0.3) is 5.91 Å². The third-order valence-electron chi connectivity index (χ3n) is 6.76. The van der Waals surface area contributed by atoms with Gasteiger partial charge in [0.2, 0.25) is 5.91 Å². The van der Waals surface area contributed by atoms with Crippen molar-refractivity contribution in [2.45, 2.75) is 25.3 Å². The van der Waals surface area contributed by atoms with Crippen LogP contribution >= 0.6 is 0 Å². The number of hydrogen-bond donors (Lipinski definition) is 1. The molecule has 0 saturated carbocycles. The lowest BCUT2D eigenvalue weighted by Crippen LogP contribution is -2.67. The van der Waals surface area contributed by atoms with Crippen molar-refractivity contribution < 1.29 is 14.3 Å². The number of H-pyrrole nitrogens is 1. The Bertz CT molecular complexity index is 949. The minimum atomic E-state index is -0.944. The van der Waals surface area contributed by atoms with Crippen LogP contribution in [0.25, 0.3) is 10.9 Å². The summed E-state index contributed by atoms with van der Waals surface area (Å²) in [4.78, 5) is 36.0. The Balaban J connectivity index is 1.40. The molecule has 1 unspecified atom stereocenters. The van der Waals surface area contributed by atoms with Crippen molar-refractivity contribution in [2.24, 2.45) is 0 Å². The van der Waals surface area contributed by atoms with Gasteiger partial charge < -0.3 is 19.5 Å². The van der Waals surface area contributed by atoms with E-state index in [1.165, 1.54) is 5.56 Å². The number of rotatable bonds is 4. The van der Waals surface area contributed by atoms with Crippen LogP contribution in [0.4, 0.5) is 0 Å². The second kappa shape index (κ2) is 7.15. The zero-order valence-electron chi connectivity index (χ0n) is 16.9. The molecule has 3 aliphatic heterocycles. The van der Waals surface area contributed by atoms with Crippen LogP contribution in [0.5, 0.6) is 0 Å². The van der Waals surface area contributed by atoms with Crippen LogP contribution in [0.1, 0.15) is 24.6 Å². The molecule has 4 heterocycles. The standard InChI is InChI=1S/C22H28N4O3/c1-22-20-17(16-5-2-3-6-18(16)23-20)7-10-26(22)19(27)15-25(21(22)28)9-4-8-24-11-13-29-14-12-24/h2-3,5-6,23H,4,7-15H2,1H3. The Labute approximate surface area is 170 Å². The molecule has 3 aliphatic rings. The normalized spacial score (nSPS) is 25.4. The fourth-order valence-electron chi connectivity index (χ4n) is 5.17. The minimum absolute atomic E-state index is 0.0339. The number of carbonyl (C=O) groups is 2. The number of benzene rings is 1. The molecule has 0 bridgehead atoms. The van der Waals surface area contributed by atoms with Crippen molar-refractivity contribution in [3.63, 3.8) is 0 Å². The maximum atomic E-state index is 13.6. The van der Waals surface area contributed by atoms with Crippen molar-refractivity contribution in [3.05, 3.63) is 35.5 Å². The number of carbonyl (C=O) groups excluding carboxylic acids is 2. The Morgan fingerprint density at radius 1 is 1.10 bits per heavy atom. The number of hydrogen-bond acceptors (Lipinski definition) is 4. The number of amides is 2. The van der Waals surface area contributed by atoms with Gasteiger partial charge in [-0.3, -0.25) is 14.5 Å². The lowest BCUT2D eigenvalue weighted by atomic mass is 9.83. The van der Waals surface area contributed by atoms with E-state index in [9.17, 15) is 9.59 Å². The molecular formula is C22H28N4O3. The molecule has 0 radical (unpaired) electrons. The predicted molar refractivity (Wildman–Crippen MR) is 110 cm³/mol. The van der Waals surface area contributed by atoms with E-state index in [4.69, 9.17) is 4.74 Å². The maximum Gasteiger partial charge on any atom is 0.254 e. The molecule has 5 rings (SSSR count). The van der Waals surface area contributed by atoms with Crippen LogP contribution in [-0.2, 0) is 26.3 Å². The highest BCUT2D eigenvalue weighted by Gasteiger charge is 2.53. The Hall–Kier alpha value is -2.38. The molecule has 1 N–H and O–H groups in total. The van der Waals surface area contributed by atoms with E-state index in [0.717, 1.165) is 62.3 Å². The van der Waals surface area contributed by atoms with Gasteiger partial charge >= 0.3 is 0 Å². The van der Waals surface area contributed by atoms with Gasteiger partial charge in [-0.05, 0) is 31.4 Å². The summed E-state index contributed by atoms with van der Waals surface area (Å²) in [6.07, 6.45) is 1.65. The molecular weight excluding hydrogens is 368 g/mol. The van der Waals surface area contributed by atoms with Gasteiger partial charge in [0, 0.05) is 43.6 Å². The quantitative estimate of drug-likeness (QED) is 0.847. The van der Waals surface area contributed by atoms with Crippen molar-refractivity contribution in [1.29, 1.82) is 0 Å². The third-order valence-corrected chi connectivity index (χ3v) is 6.76. The number of nitrogens with zero attached hydrogens (tertiary/aromatic N) is 3. The average Bonchev–Trinajstić information content (AvgIpc) is 3.13. The van der Waals surface area contributed by atoms with Crippen molar-refractivity contribution >= 4 is 22.7 Å². The van der Waals surface area contributed by atoms with Gasteiger partial charge in [-0.15, -0.1) is 0 Å². The van der Waals surface area contributed by atoms with Crippen LogP contribution in [-0.4, -0.2) is 84.0 Å². The number of piperazine rings is 1. The van der Waals surface area contributed by atoms with E-state index in [1.807, 2.05) is 25.1 Å². The summed E-state index contributed by atoms with van der Waals surface area (Å²) in [5.41, 5.74) is 2.16. The average molecular weight is 396 g/mol. The zero-order chi connectivity index (χ0) is 20.0. The third kappa shape index (κ3) is 2.95. The minimum Gasteiger partial charge on any atom is -0.379 e. The predicted octanol–water partition coefficient (Wildman–Crippen LogP) is 1.33. The lowest BCUT2D eigenvalue weighted by molar-refractivity contribution is -0.166. The monoisotopic (exact) mass is 396 g/mol. The van der Waals surface area contributed by atoms with Crippen LogP contribution < -0.4 is 0 Å².